The molecule has 1 saturated heterocycles. The molecule has 0 radical (unpaired) electrons. The first kappa shape index (κ1) is 9.27. The number of nitrogens with zero attached hydrogens (tertiary/aromatic N) is 1. The van der Waals surface area contributed by atoms with Crippen LogP contribution in [-0.4, -0.2) is 23.1 Å². The zero-order chi connectivity index (χ0) is 10.1. The van der Waals surface area contributed by atoms with Gasteiger partial charge >= 0.3 is 0 Å². The molecule has 1 aliphatic rings. The number of hydrogen-bond donors (Lipinski definition) is 0. The molecule has 4 heteroatoms. The smallest absolute Gasteiger partial charge is 0.275 e. The fourth-order valence-electron chi connectivity index (χ4n) is 1.33. The molecule has 0 N–H and O–H groups in total. The van der Waals surface area contributed by atoms with Crippen LogP contribution in [-0.2, 0) is 4.79 Å². The Bertz CT molecular complexity index is 377. The first-order valence-electron chi connectivity index (χ1n) is 4.23. The van der Waals surface area contributed by atoms with Crippen LogP contribution in [0.4, 0.5) is 4.79 Å². The van der Waals surface area contributed by atoms with Crippen molar-refractivity contribution >= 4 is 22.9 Å². The molecule has 1 heterocycles. The van der Waals surface area contributed by atoms with E-state index in [0.717, 1.165) is 17.3 Å². The molecule has 0 aromatic heterocycles. The predicted molar refractivity (Wildman–Crippen MR) is 54.9 cm³/mol. The summed E-state index contributed by atoms with van der Waals surface area (Å²) in [6, 6.07) is 9.35. The second kappa shape index (κ2) is 3.46. The minimum Gasteiger partial charge on any atom is -0.275 e. The van der Waals surface area contributed by atoms with Crippen LogP contribution in [0.2, 0.25) is 0 Å². The zero-order valence-electron chi connectivity index (χ0n) is 7.64. The van der Waals surface area contributed by atoms with Gasteiger partial charge in [0.05, 0.1) is 0 Å². The van der Waals surface area contributed by atoms with Crippen LogP contribution in [0.15, 0.2) is 30.3 Å². The van der Waals surface area contributed by atoms with Crippen LogP contribution in [0, 0.1) is 0 Å². The van der Waals surface area contributed by atoms with Gasteiger partial charge in [0.15, 0.2) is 0 Å². The molecule has 0 aliphatic carbocycles. The van der Waals surface area contributed by atoms with E-state index in [-0.39, 0.29) is 16.4 Å². The second-order valence-electron chi connectivity index (χ2n) is 3.07. The normalized spacial score (nSPS) is 21.8. The fourth-order valence-corrected chi connectivity index (χ4v) is 2.34. The molecule has 1 aromatic rings. The van der Waals surface area contributed by atoms with E-state index in [4.69, 9.17) is 0 Å². The number of thioether (sulfide) groups is 1. The van der Waals surface area contributed by atoms with Gasteiger partial charge in [0, 0.05) is 7.05 Å². The summed E-state index contributed by atoms with van der Waals surface area (Å²) in [6.45, 7) is 0. The highest BCUT2D eigenvalue weighted by Gasteiger charge is 2.37. The lowest BCUT2D eigenvalue weighted by atomic mass is 10.1. The zero-order valence-corrected chi connectivity index (χ0v) is 8.45. The average Bonchev–Trinajstić information content (AvgIpc) is 2.47. The molecule has 2 amide bonds. The highest BCUT2D eigenvalue weighted by Crippen LogP contribution is 2.37. The van der Waals surface area contributed by atoms with Crippen molar-refractivity contribution in [2.24, 2.45) is 0 Å². The Hall–Kier alpha value is -1.29. The third kappa shape index (κ3) is 1.42. The van der Waals surface area contributed by atoms with Crippen molar-refractivity contribution in [1.82, 2.24) is 4.90 Å². The number of rotatable bonds is 1. The molecule has 14 heavy (non-hydrogen) atoms. The Balaban J connectivity index is 2.30. The number of likely N-dealkylation sites (N-methyl/N-ethyl adjacent to an activating group) is 1. The lowest BCUT2D eigenvalue weighted by molar-refractivity contribution is -0.125. The van der Waals surface area contributed by atoms with E-state index in [1.165, 1.54) is 11.9 Å². The Labute approximate surface area is 86.1 Å². The van der Waals surface area contributed by atoms with Crippen LogP contribution >= 0.6 is 11.8 Å². The summed E-state index contributed by atoms with van der Waals surface area (Å²) >= 11 is 1.07. The van der Waals surface area contributed by atoms with E-state index in [1.54, 1.807) is 0 Å². The minimum atomic E-state index is -0.353. The maximum atomic E-state index is 11.6. The van der Waals surface area contributed by atoms with Gasteiger partial charge in [-0.15, -0.1) is 0 Å². The van der Waals surface area contributed by atoms with Crippen LogP contribution in [0.5, 0.6) is 0 Å². The largest absolute Gasteiger partial charge is 0.289 e. The Morgan fingerprint density at radius 1 is 1.21 bits per heavy atom. The highest BCUT2D eigenvalue weighted by molar-refractivity contribution is 8.14. The van der Waals surface area contributed by atoms with Gasteiger partial charge in [-0.25, -0.2) is 0 Å². The standard InChI is InChI=1S/C10H9NO2S/c1-11-9(12)8(14-10(11)13)7-5-3-2-4-6-7/h2-6,8H,1H3. The summed E-state index contributed by atoms with van der Waals surface area (Å²) in [5, 5.41) is -0.530. The number of benzene rings is 1. The fraction of sp³-hybridized carbons (Fsp3) is 0.200. The second-order valence-corrected chi connectivity index (χ2v) is 4.13. The molecule has 1 unspecified atom stereocenters. The van der Waals surface area contributed by atoms with Gasteiger partial charge in [-0.2, -0.15) is 0 Å². The van der Waals surface area contributed by atoms with Crippen LogP contribution in [0.3, 0.4) is 0 Å². The molecule has 2 rings (SSSR count). The molecule has 0 bridgehead atoms. The molecule has 0 spiro atoms. The lowest BCUT2D eigenvalue weighted by Crippen LogP contribution is -2.24. The van der Waals surface area contributed by atoms with Gasteiger partial charge in [0.1, 0.15) is 5.25 Å². The molecule has 1 aliphatic heterocycles. The van der Waals surface area contributed by atoms with Crippen molar-refractivity contribution in [2.45, 2.75) is 5.25 Å². The molecule has 1 atom stereocenters. The van der Waals surface area contributed by atoms with E-state index in [9.17, 15) is 9.59 Å². The quantitative estimate of drug-likeness (QED) is 0.707. The minimum absolute atomic E-state index is 0.133. The van der Waals surface area contributed by atoms with E-state index >= 15 is 0 Å². The Kier molecular flexibility index (Phi) is 2.29. The molecule has 0 saturated carbocycles. The maximum Gasteiger partial charge on any atom is 0.289 e. The summed E-state index contributed by atoms with van der Waals surface area (Å²) in [4.78, 5) is 24.0. The maximum absolute atomic E-state index is 11.6. The van der Waals surface area contributed by atoms with E-state index in [2.05, 4.69) is 0 Å². The van der Waals surface area contributed by atoms with Crippen LogP contribution < -0.4 is 0 Å². The van der Waals surface area contributed by atoms with Gasteiger partial charge in [-0.3, -0.25) is 14.5 Å². The third-order valence-corrected chi connectivity index (χ3v) is 3.33. The van der Waals surface area contributed by atoms with Crippen molar-refractivity contribution in [3.63, 3.8) is 0 Å². The number of carbonyl (C=O) groups excluding carboxylic acids is 2. The van der Waals surface area contributed by atoms with Gasteiger partial charge < -0.3 is 0 Å². The first-order valence-corrected chi connectivity index (χ1v) is 5.11. The van der Waals surface area contributed by atoms with Crippen LogP contribution in [0.1, 0.15) is 10.8 Å². The highest BCUT2D eigenvalue weighted by atomic mass is 32.2. The lowest BCUT2D eigenvalue weighted by Gasteiger charge is -2.06. The Morgan fingerprint density at radius 3 is 2.36 bits per heavy atom. The average molecular weight is 207 g/mol. The van der Waals surface area contributed by atoms with Crippen molar-refractivity contribution < 1.29 is 9.59 Å². The summed E-state index contributed by atoms with van der Waals surface area (Å²) in [7, 11) is 1.51. The molecular formula is C10H9NO2S. The molecule has 1 fully saturated rings. The Morgan fingerprint density at radius 2 is 1.86 bits per heavy atom. The van der Waals surface area contributed by atoms with Gasteiger partial charge in [-0.1, -0.05) is 30.3 Å². The van der Waals surface area contributed by atoms with Crippen molar-refractivity contribution in [2.75, 3.05) is 7.05 Å². The topological polar surface area (TPSA) is 37.4 Å². The third-order valence-electron chi connectivity index (χ3n) is 2.15. The molecular weight excluding hydrogens is 198 g/mol. The van der Waals surface area contributed by atoms with Crippen LogP contribution in [0.25, 0.3) is 0 Å². The van der Waals surface area contributed by atoms with E-state index in [0.29, 0.717) is 0 Å². The summed E-state index contributed by atoms with van der Waals surface area (Å²) in [5.74, 6) is -0.133. The first-order chi connectivity index (χ1) is 6.70. The summed E-state index contributed by atoms with van der Waals surface area (Å²) in [5.41, 5.74) is 0.889. The number of carbonyl (C=O) groups is 2. The molecule has 1 aromatic carbocycles. The van der Waals surface area contributed by atoms with Gasteiger partial charge in [-0.05, 0) is 17.3 Å². The van der Waals surface area contributed by atoms with E-state index in [1.807, 2.05) is 30.3 Å². The molecule has 3 nitrogen and oxygen atoms in total. The summed E-state index contributed by atoms with van der Waals surface area (Å²) < 4.78 is 0. The van der Waals surface area contributed by atoms with E-state index < -0.39 is 0 Å². The predicted octanol–water partition coefficient (Wildman–Crippen LogP) is 2.05. The van der Waals surface area contributed by atoms with Gasteiger partial charge in [0.2, 0.25) is 5.91 Å². The van der Waals surface area contributed by atoms with Gasteiger partial charge in [0.25, 0.3) is 5.24 Å². The SMILES string of the molecule is CN1C(=O)SC(c2ccccc2)C1=O. The van der Waals surface area contributed by atoms with Crippen molar-refractivity contribution in [1.29, 1.82) is 0 Å². The van der Waals surface area contributed by atoms with Crippen molar-refractivity contribution in [3.05, 3.63) is 35.9 Å². The van der Waals surface area contributed by atoms with Crippen molar-refractivity contribution in [3.8, 4) is 0 Å². The number of hydrogen-bond acceptors (Lipinski definition) is 3. The number of amides is 2. The molecule has 72 valence electrons. The summed E-state index contributed by atoms with van der Waals surface area (Å²) in [6.07, 6.45) is 0. The number of imide groups is 1. The monoisotopic (exact) mass is 207 g/mol.